The molecular weight excluding hydrogens is 214 g/mol. The van der Waals surface area contributed by atoms with E-state index in [0.717, 1.165) is 6.54 Å². The van der Waals surface area contributed by atoms with Crippen LogP contribution in [-0.4, -0.2) is 17.5 Å². The Hall–Kier alpha value is -0.500. The third-order valence-electron chi connectivity index (χ3n) is 1.22. The first-order valence-electron chi connectivity index (χ1n) is 3.46. The molecule has 0 atom stereocenters. The highest BCUT2D eigenvalue weighted by Crippen LogP contribution is 1.94. The molecule has 5 nitrogen and oxygen atoms in total. The van der Waals surface area contributed by atoms with E-state index in [1.165, 1.54) is 5.69 Å². The maximum atomic E-state index is 8.74. The molecule has 0 unspecified atom stereocenters. The van der Waals surface area contributed by atoms with Gasteiger partial charge in [-0.05, 0) is 6.92 Å². The first-order chi connectivity index (χ1) is 5.84. The largest absolute Gasteiger partial charge is 0.394 e. The van der Waals surface area contributed by atoms with Crippen molar-refractivity contribution in [2.75, 3.05) is 0 Å². The van der Waals surface area contributed by atoms with Crippen LogP contribution in [0.25, 0.3) is 0 Å². The van der Waals surface area contributed by atoms with Crippen LogP contribution in [0.15, 0.2) is 10.9 Å². The molecule has 0 spiro atoms. The summed E-state index contributed by atoms with van der Waals surface area (Å²) in [7, 11) is -4.67. The second-order valence-corrected chi connectivity index (χ2v) is 3.85. The number of aromatic nitrogens is 1. The lowest BCUT2D eigenvalue weighted by molar-refractivity contribution is -0.694. The number of thiazole rings is 1. The molecule has 0 saturated heterocycles. The summed E-state index contributed by atoms with van der Waals surface area (Å²) in [5, 5.41) is 2.16. The molecule has 0 radical (unpaired) electrons. The highest BCUT2D eigenvalue weighted by molar-refractivity contribution is 7.79. The molecule has 0 aromatic carbocycles. The van der Waals surface area contributed by atoms with E-state index in [1.54, 1.807) is 11.3 Å². The maximum Gasteiger partial charge on any atom is 0.394 e. The van der Waals surface area contributed by atoms with Crippen LogP contribution in [-0.2, 0) is 16.9 Å². The van der Waals surface area contributed by atoms with Gasteiger partial charge in [0.15, 0.2) is 5.69 Å². The molecule has 76 valence electrons. The van der Waals surface area contributed by atoms with Crippen molar-refractivity contribution in [1.82, 2.24) is 0 Å². The van der Waals surface area contributed by atoms with Crippen LogP contribution in [0.4, 0.5) is 0 Å². The fourth-order valence-corrected chi connectivity index (χ4v) is 1.53. The van der Waals surface area contributed by atoms with Gasteiger partial charge < -0.3 is 0 Å². The summed E-state index contributed by atoms with van der Waals surface area (Å²) in [6.07, 6.45) is 0. The second kappa shape index (κ2) is 5.28. The quantitative estimate of drug-likeness (QED) is 0.546. The van der Waals surface area contributed by atoms with E-state index < -0.39 is 10.4 Å². The highest BCUT2D eigenvalue weighted by atomic mass is 32.3. The van der Waals surface area contributed by atoms with E-state index in [2.05, 4.69) is 29.3 Å². The van der Waals surface area contributed by atoms with Gasteiger partial charge in [-0.2, -0.15) is 13.0 Å². The minimum absolute atomic E-state index is 1.09. The van der Waals surface area contributed by atoms with E-state index >= 15 is 0 Å². The van der Waals surface area contributed by atoms with Gasteiger partial charge in [-0.25, -0.2) is 0 Å². The third kappa shape index (κ3) is 7.85. The van der Waals surface area contributed by atoms with E-state index in [9.17, 15) is 0 Å². The fraction of sp³-hybridized carbons (Fsp3) is 0.500. The Bertz CT molecular complexity index is 335. The van der Waals surface area contributed by atoms with Gasteiger partial charge in [0.05, 0.1) is 5.38 Å². The van der Waals surface area contributed by atoms with Crippen LogP contribution in [0, 0.1) is 6.92 Å². The molecule has 2 N–H and O–H groups in total. The van der Waals surface area contributed by atoms with Gasteiger partial charge in [-0.15, -0.1) is 0 Å². The standard InChI is InChI=1S/C6H10NS.H2O4S/c1-3-7-5-8-4-6(7)2;1-5(2,3)4/h4-5H,3H2,1-2H3;(H2,1,2,3,4)/q+1;. The number of rotatable bonds is 1. The molecule has 1 aromatic heterocycles. The van der Waals surface area contributed by atoms with Gasteiger partial charge in [-0.3, -0.25) is 9.11 Å². The van der Waals surface area contributed by atoms with Crippen LogP contribution in [0.3, 0.4) is 0 Å². The molecule has 7 heteroatoms. The maximum absolute atomic E-state index is 8.74. The lowest BCUT2D eigenvalue weighted by Gasteiger charge is -1.82. The molecule has 1 rings (SSSR count). The summed E-state index contributed by atoms with van der Waals surface area (Å²) in [6.45, 7) is 5.37. The van der Waals surface area contributed by atoms with Crippen molar-refractivity contribution in [1.29, 1.82) is 0 Å². The number of hydrogen-bond acceptors (Lipinski definition) is 3. The smallest absolute Gasteiger partial charge is 0.264 e. The Morgan fingerprint density at radius 1 is 1.54 bits per heavy atom. The molecule has 0 saturated carbocycles. The first kappa shape index (κ1) is 12.5. The van der Waals surface area contributed by atoms with Crippen molar-refractivity contribution in [2.24, 2.45) is 0 Å². The van der Waals surface area contributed by atoms with Gasteiger partial charge in [0.1, 0.15) is 6.54 Å². The molecule has 1 aromatic rings. The Kier molecular flexibility index (Phi) is 5.07. The van der Waals surface area contributed by atoms with Gasteiger partial charge in [-0.1, -0.05) is 11.3 Å². The summed E-state index contributed by atoms with van der Waals surface area (Å²) in [5.41, 5.74) is 3.49. The predicted octanol–water partition coefficient (Wildman–Crippen LogP) is 0.711. The zero-order valence-electron chi connectivity index (χ0n) is 7.34. The average molecular weight is 226 g/mol. The molecular formula is C6H12NO4S2+. The van der Waals surface area contributed by atoms with Crippen LogP contribution < -0.4 is 4.57 Å². The van der Waals surface area contributed by atoms with Crippen LogP contribution in [0.2, 0.25) is 0 Å². The summed E-state index contributed by atoms with van der Waals surface area (Å²) in [6, 6.07) is 0. The van der Waals surface area contributed by atoms with Crippen molar-refractivity contribution in [3.8, 4) is 0 Å². The van der Waals surface area contributed by atoms with Gasteiger partial charge >= 0.3 is 10.4 Å². The van der Waals surface area contributed by atoms with Crippen LogP contribution in [0.1, 0.15) is 12.6 Å². The van der Waals surface area contributed by atoms with Crippen molar-refractivity contribution < 1.29 is 22.1 Å². The highest BCUT2D eigenvalue weighted by Gasteiger charge is 2.00. The topological polar surface area (TPSA) is 78.5 Å². The van der Waals surface area contributed by atoms with E-state index in [4.69, 9.17) is 17.5 Å². The second-order valence-electron chi connectivity index (χ2n) is 2.23. The van der Waals surface area contributed by atoms with Crippen molar-refractivity contribution in [2.45, 2.75) is 20.4 Å². The van der Waals surface area contributed by atoms with E-state index in [-0.39, 0.29) is 0 Å². The Morgan fingerprint density at radius 3 is 2.15 bits per heavy atom. The first-order valence-corrected chi connectivity index (χ1v) is 5.80. The minimum atomic E-state index is -4.67. The summed E-state index contributed by atoms with van der Waals surface area (Å²) < 4.78 is 33.8. The number of hydrogen-bond donors (Lipinski definition) is 2. The minimum Gasteiger partial charge on any atom is -0.264 e. The number of aryl methyl sites for hydroxylation is 2. The van der Waals surface area contributed by atoms with Crippen LogP contribution in [0.5, 0.6) is 0 Å². The zero-order chi connectivity index (χ0) is 10.5. The molecule has 1 heterocycles. The molecule has 0 aliphatic heterocycles. The van der Waals surface area contributed by atoms with Crippen molar-refractivity contribution in [3.63, 3.8) is 0 Å². The molecule has 13 heavy (non-hydrogen) atoms. The lowest BCUT2D eigenvalue weighted by Crippen LogP contribution is -2.31. The zero-order valence-corrected chi connectivity index (χ0v) is 8.97. The monoisotopic (exact) mass is 226 g/mol. The Labute approximate surface area is 81.2 Å². The van der Waals surface area contributed by atoms with Gasteiger partial charge in [0, 0.05) is 6.92 Å². The SMILES string of the molecule is CC[n+]1cscc1C.O=S(=O)(O)O. The van der Waals surface area contributed by atoms with E-state index in [0.29, 0.717) is 0 Å². The molecule has 0 aliphatic carbocycles. The number of nitrogens with zero attached hydrogens (tertiary/aromatic N) is 1. The third-order valence-corrected chi connectivity index (χ3v) is 2.07. The van der Waals surface area contributed by atoms with Gasteiger partial charge in [0.2, 0.25) is 5.51 Å². The average Bonchev–Trinajstić information content (AvgIpc) is 2.31. The Morgan fingerprint density at radius 2 is 2.00 bits per heavy atom. The van der Waals surface area contributed by atoms with E-state index in [1.807, 2.05) is 0 Å². The van der Waals surface area contributed by atoms with Gasteiger partial charge in [0.25, 0.3) is 0 Å². The lowest BCUT2D eigenvalue weighted by atomic mass is 10.5. The predicted molar refractivity (Wildman–Crippen MR) is 49.1 cm³/mol. The molecule has 0 aliphatic rings. The fourth-order valence-electron chi connectivity index (χ4n) is 0.677. The van der Waals surface area contributed by atoms with Crippen molar-refractivity contribution in [3.05, 3.63) is 16.6 Å². The summed E-state index contributed by atoms with van der Waals surface area (Å²) >= 11 is 1.75. The summed E-state index contributed by atoms with van der Waals surface area (Å²) in [4.78, 5) is 0. The van der Waals surface area contributed by atoms with Crippen LogP contribution >= 0.6 is 11.3 Å². The Balaban J connectivity index is 0.000000252. The normalized spacial score (nSPS) is 10.5. The molecule has 0 fully saturated rings. The summed E-state index contributed by atoms with van der Waals surface area (Å²) in [5.74, 6) is 0. The van der Waals surface area contributed by atoms with Crippen molar-refractivity contribution >= 4 is 21.7 Å². The molecule has 0 bridgehead atoms. The molecule has 0 amide bonds.